The Bertz CT molecular complexity index is 724. The maximum Gasteiger partial charge on any atom is 0.243 e. The quantitative estimate of drug-likeness (QED) is 0.857. The molecule has 0 bridgehead atoms. The molecule has 126 valence electrons. The van der Waals surface area contributed by atoms with Crippen LogP contribution >= 0.6 is 0 Å². The summed E-state index contributed by atoms with van der Waals surface area (Å²) in [6.07, 6.45) is 0.635. The third-order valence-corrected chi connectivity index (χ3v) is 6.72. The minimum Gasteiger partial charge on any atom is -0.358 e. The summed E-state index contributed by atoms with van der Waals surface area (Å²) in [6, 6.07) is 4.87. The van der Waals surface area contributed by atoms with E-state index in [4.69, 9.17) is 0 Å². The molecule has 2 heterocycles. The number of benzene rings is 1. The van der Waals surface area contributed by atoms with Crippen LogP contribution in [-0.4, -0.2) is 62.8 Å². The molecule has 0 saturated carbocycles. The molecule has 23 heavy (non-hydrogen) atoms. The third-order valence-electron chi connectivity index (χ3n) is 4.90. The summed E-state index contributed by atoms with van der Waals surface area (Å²) in [7, 11) is -0.252. The van der Waals surface area contributed by atoms with Crippen molar-refractivity contribution >= 4 is 15.9 Å². The number of likely N-dealkylation sites (N-methyl/N-ethyl adjacent to an activating group) is 2. The van der Waals surface area contributed by atoms with Crippen LogP contribution in [0.25, 0.3) is 0 Å². The number of carbonyl (C=O) groups excluding carboxylic acids is 1. The molecule has 2 aliphatic heterocycles. The summed E-state index contributed by atoms with van der Waals surface area (Å²) >= 11 is 0. The Hall–Kier alpha value is -1.51. The second-order valence-electron chi connectivity index (χ2n) is 6.14. The van der Waals surface area contributed by atoms with Crippen LogP contribution in [0.2, 0.25) is 0 Å². The second kappa shape index (κ2) is 5.85. The zero-order valence-corrected chi connectivity index (χ0v) is 13.9. The fraction of sp³-hybridized carbons (Fsp3) is 0.533. The van der Waals surface area contributed by atoms with Crippen molar-refractivity contribution in [2.24, 2.45) is 5.92 Å². The van der Waals surface area contributed by atoms with Gasteiger partial charge in [-0.3, -0.25) is 9.69 Å². The molecular weight excluding hydrogens is 321 g/mol. The highest BCUT2D eigenvalue weighted by atomic mass is 32.2. The summed E-state index contributed by atoms with van der Waals surface area (Å²) in [5.74, 6) is -0.491. The van der Waals surface area contributed by atoms with E-state index in [1.165, 1.54) is 22.5 Å². The second-order valence-corrected chi connectivity index (χ2v) is 8.08. The Morgan fingerprint density at radius 1 is 1.35 bits per heavy atom. The Kier molecular flexibility index (Phi) is 4.16. The first-order chi connectivity index (χ1) is 10.8. The number of fused-ring (bicyclic) bond motifs is 1. The van der Waals surface area contributed by atoms with Crippen LogP contribution in [0.3, 0.4) is 0 Å². The van der Waals surface area contributed by atoms with E-state index >= 15 is 0 Å². The number of carbonyl (C=O) groups is 1. The van der Waals surface area contributed by atoms with Gasteiger partial charge >= 0.3 is 0 Å². The number of hydrogen-bond donors (Lipinski definition) is 1. The molecule has 8 heteroatoms. The molecule has 1 amide bonds. The number of nitrogens with one attached hydrogen (secondary N) is 1. The minimum absolute atomic E-state index is 0.0145. The molecule has 1 N–H and O–H groups in total. The lowest BCUT2D eigenvalue weighted by molar-refractivity contribution is -0.125. The predicted octanol–water partition coefficient (Wildman–Crippen LogP) is 0.265. The van der Waals surface area contributed by atoms with E-state index in [0.29, 0.717) is 19.5 Å². The Balaban J connectivity index is 1.78. The molecule has 1 aromatic rings. The highest BCUT2D eigenvalue weighted by Crippen LogP contribution is 2.36. The van der Waals surface area contributed by atoms with Gasteiger partial charge in [0.25, 0.3) is 0 Å². The van der Waals surface area contributed by atoms with Crippen molar-refractivity contribution in [2.45, 2.75) is 23.4 Å². The highest BCUT2D eigenvalue weighted by Gasteiger charge is 2.49. The molecule has 0 aromatic heterocycles. The maximum atomic E-state index is 13.3. The summed E-state index contributed by atoms with van der Waals surface area (Å²) in [5.41, 5.74) is 0. The van der Waals surface area contributed by atoms with Crippen LogP contribution in [0.15, 0.2) is 29.2 Å². The monoisotopic (exact) mass is 341 g/mol. The number of halogens is 1. The van der Waals surface area contributed by atoms with Crippen LogP contribution < -0.4 is 5.32 Å². The molecular formula is C15H20FN3O3S. The van der Waals surface area contributed by atoms with Gasteiger partial charge in [0.05, 0.1) is 10.9 Å². The molecule has 1 aromatic carbocycles. The lowest BCUT2D eigenvalue weighted by Gasteiger charge is -2.25. The summed E-state index contributed by atoms with van der Waals surface area (Å²) < 4.78 is 40.0. The zero-order chi connectivity index (χ0) is 16.8. The lowest BCUT2D eigenvalue weighted by Crippen LogP contribution is -2.45. The Morgan fingerprint density at radius 3 is 2.70 bits per heavy atom. The number of rotatable bonds is 3. The average Bonchev–Trinajstić information content (AvgIpc) is 3.07. The van der Waals surface area contributed by atoms with Gasteiger partial charge in [-0.05, 0) is 37.6 Å². The molecule has 6 nitrogen and oxygen atoms in total. The van der Waals surface area contributed by atoms with Gasteiger partial charge in [-0.2, -0.15) is 4.31 Å². The fourth-order valence-corrected chi connectivity index (χ4v) is 5.17. The van der Waals surface area contributed by atoms with E-state index in [1.807, 2.05) is 11.9 Å². The fourth-order valence-electron chi connectivity index (χ4n) is 3.62. The van der Waals surface area contributed by atoms with E-state index in [2.05, 4.69) is 5.32 Å². The van der Waals surface area contributed by atoms with Crippen molar-refractivity contribution in [3.63, 3.8) is 0 Å². The van der Waals surface area contributed by atoms with Crippen molar-refractivity contribution in [1.29, 1.82) is 0 Å². The number of likely N-dealkylation sites (tertiary alicyclic amines) is 1. The van der Waals surface area contributed by atoms with Crippen LogP contribution in [0.4, 0.5) is 4.39 Å². The van der Waals surface area contributed by atoms with Gasteiger partial charge in [0.2, 0.25) is 15.9 Å². The molecule has 2 aliphatic rings. The SMILES string of the molecule is CNC(=O)[C@@H]1C[C@H]2CN(S(=O)(=O)c3cccc(F)c3)C[C@H]2N1C. The van der Waals surface area contributed by atoms with Crippen molar-refractivity contribution in [3.05, 3.63) is 30.1 Å². The van der Waals surface area contributed by atoms with Crippen LogP contribution in [0.1, 0.15) is 6.42 Å². The normalized spacial score (nSPS) is 28.7. The van der Waals surface area contributed by atoms with Gasteiger partial charge in [0.1, 0.15) is 5.82 Å². The third kappa shape index (κ3) is 2.75. The first-order valence-corrected chi connectivity index (χ1v) is 8.98. The molecule has 0 unspecified atom stereocenters. The minimum atomic E-state index is -3.70. The number of amides is 1. The number of hydrogen-bond acceptors (Lipinski definition) is 4. The van der Waals surface area contributed by atoms with Crippen LogP contribution in [0.5, 0.6) is 0 Å². The number of sulfonamides is 1. The van der Waals surface area contributed by atoms with Gasteiger partial charge in [0, 0.05) is 26.2 Å². The van der Waals surface area contributed by atoms with Gasteiger partial charge in [0.15, 0.2) is 0 Å². The van der Waals surface area contributed by atoms with E-state index in [-0.39, 0.29) is 28.8 Å². The first-order valence-electron chi connectivity index (χ1n) is 7.54. The van der Waals surface area contributed by atoms with Gasteiger partial charge in [-0.15, -0.1) is 0 Å². The molecule has 2 fully saturated rings. The van der Waals surface area contributed by atoms with E-state index < -0.39 is 15.8 Å². The molecule has 0 spiro atoms. The summed E-state index contributed by atoms with van der Waals surface area (Å²) in [5, 5.41) is 2.65. The summed E-state index contributed by atoms with van der Waals surface area (Å²) in [6.45, 7) is 0.689. The first kappa shape index (κ1) is 16.4. The largest absolute Gasteiger partial charge is 0.358 e. The molecule has 0 radical (unpaired) electrons. The van der Waals surface area contributed by atoms with Crippen LogP contribution in [0, 0.1) is 11.7 Å². The van der Waals surface area contributed by atoms with Gasteiger partial charge < -0.3 is 5.32 Å². The molecule has 3 rings (SSSR count). The van der Waals surface area contributed by atoms with Crippen LogP contribution in [-0.2, 0) is 14.8 Å². The van der Waals surface area contributed by atoms with Crippen molar-refractivity contribution in [3.8, 4) is 0 Å². The van der Waals surface area contributed by atoms with E-state index in [1.54, 1.807) is 7.05 Å². The molecule has 3 atom stereocenters. The Morgan fingerprint density at radius 2 is 2.09 bits per heavy atom. The predicted molar refractivity (Wildman–Crippen MR) is 82.7 cm³/mol. The summed E-state index contributed by atoms with van der Waals surface area (Å²) in [4.78, 5) is 13.8. The number of nitrogens with zero attached hydrogens (tertiary/aromatic N) is 2. The average molecular weight is 341 g/mol. The van der Waals surface area contributed by atoms with Gasteiger partial charge in [-0.25, -0.2) is 12.8 Å². The zero-order valence-electron chi connectivity index (χ0n) is 13.1. The molecule has 2 saturated heterocycles. The highest BCUT2D eigenvalue weighted by molar-refractivity contribution is 7.89. The topological polar surface area (TPSA) is 69.7 Å². The molecule has 0 aliphatic carbocycles. The Labute approximate surface area is 135 Å². The van der Waals surface area contributed by atoms with Gasteiger partial charge in [-0.1, -0.05) is 6.07 Å². The van der Waals surface area contributed by atoms with Crippen molar-refractivity contribution in [2.75, 3.05) is 27.2 Å². The smallest absolute Gasteiger partial charge is 0.243 e. The van der Waals surface area contributed by atoms with Crippen molar-refractivity contribution < 1.29 is 17.6 Å². The lowest BCUT2D eigenvalue weighted by atomic mass is 10.0. The standard InChI is InChI=1S/C15H20FN3O3S/c1-17-15(20)13-6-10-8-19(9-14(10)18(13)2)23(21,22)12-5-3-4-11(16)7-12/h3-5,7,10,13-14H,6,8-9H2,1-2H3,(H,17,20)/t10-,13-,14+/m0/s1. The maximum absolute atomic E-state index is 13.3. The van der Waals surface area contributed by atoms with E-state index in [9.17, 15) is 17.6 Å². The van der Waals surface area contributed by atoms with E-state index in [0.717, 1.165) is 6.07 Å². The van der Waals surface area contributed by atoms with Crippen molar-refractivity contribution in [1.82, 2.24) is 14.5 Å².